The number of ketones is 1. The molecule has 9 heteroatoms. The molecular weight excluding hydrogens is 496 g/mol. The molecule has 2 heterocycles. The van der Waals surface area contributed by atoms with Crippen LogP contribution < -0.4 is 14.2 Å². The maximum Gasteiger partial charge on any atom is 0.240 e. The fourth-order valence-electron chi connectivity index (χ4n) is 3.50. The number of ether oxygens (including phenoxy) is 2. The topological polar surface area (TPSA) is 94.6 Å². The normalized spacial score (nSPS) is 11.5. The Kier molecular flexibility index (Phi) is 7.94. The average molecular weight is 521 g/mol. The van der Waals surface area contributed by atoms with Crippen molar-refractivity contribution >= 4 is 33.2 Å². The first kappa shape index (κ1) is 25.3. The second kappa shape index (κ2) is 11.3. The SMILES string of the molecule is COc1cc(OC)c(-c2cccs2)cc1/C=C/C(=O)c1ccc(S(=O)(=O)NCc2cccnc2)cc1. The van der Waals surface area contributed by atoms with Crippen LogP contribution in [-0.2, 0) is 16.6 Å². The molecule has 0 aliphatic heterocycles. The lowest BCUT2D eigenvalue weighted by molar-refractivity contribution is 0.104. The highest BCUT2D eigenvalue weighted by Crippen LogP contribution is 2.38. The van der Waals surface area contributed by atoms with Crippen molar-refractivity contribution < 1.29 is 22.7 Å². The van der Waals surface area contributed by atoms with Crippen molar-refractivity contribution in [2.75, 3.05) is 14.2 Å². The van der Waals surface area contributed by atoms with Gasteiger partial charge in [-0.15, -0.1) is 11.3 Å². The summed E-state index contributed by atoms with van der Waals surface area (Å²) < 4.78 is 38.7. The summed E-state index contributed by atoms with van der Waals surface area (Å²) in [6.45, 7) is 0.122. The quantitative estimate of drug-likeness (QED) is 0.228. The second-order valence-electron chi connectivity index (χ2n) is 7.68. The van der Waals surface area contributed by atoms with E-state index in [0.717, 1.165) is 16.0 Å². The van der Waals surface area contributed by atoms with Gasteiger partial charge in [0, 0.05) is 46.6 Å². The molecule has 0 saturated carbocycles. The highest BCUT2D eigenvalue weighted by Gasteiger charge is 2.15. The minimum absolute atomic E-state index is 0.0735. The van der Waals surface area contributed by atoms with E-state index in [1.807, 2.05) is 23.6 Å². The van der Waals surface area contributed by atoms with E-state index in [0.29, 0.717) is 22.6 Å². The van der Waals surface area contributed by atoms with Crippen molar-refractivity contribution in [2.24, 2.45) is 0 Å². The summed E-state index contributed by atoms with van der Waals surface area (Å²) in [5, 5.41) is 1.98. The van der Waals surface area contributed by atoms with E-state index >= 15 is 0 Å². The fourth-order valence-corrected chi connectivity index (χ4v) is 5.27. The third kappa shape index (κ3) is 5.88. The molecule has 2 aromatic heterocycles. The van der Waals surface area contributed by atoms with Crippen LogP contribution in [0.4, 0.5) is 0 Å². The first-order valence-electron chi connectivity index (χ1n) is 10.9. The summed E-state index contributed by atoms with van der Waals surface area (Å²) in [5.74, 6) is 0.974. The number of thiophene rings is 1. The third-order valence-corrected chi connectivity index (χ3v) is 7.71. The molecule has 0 aliphatic rings. The Labute approximate surface area is 214 Å². The summed E-state index contributed by atoms with van der Waals surface area (Å²) in [5.41, 5.74) is 2.72. The minimum Gasteiger partial charge on any atom is -0.496 e. The monoisotopic (exact) mass is 520 g/mol. The van der Waals surface area contributed by atoms with Crippen LogP contribution in [0.15, 0.2) is 89.4 Å². The van der Waals surface area contributed by atoms with E-state index in [1.54, 1.807) is 62.2 Å². The van der Waals surface area contributed by atoms with E-state index in [-0.39, 0.29) is 17.2 Å². The lowest BCUT2D eigenvalue weighted by Crippen LogP contribution is -2.23. The standard InChI is InChI=1S/C27H24N2O5S2/c1-33-25-16-26(34-2)23(27-6-4-14-35-27)15-21(25)9-12-24(30)20-7-10-22(11-8-20)36(31,32)29-18-19-5-3-13-28-17-19/h3-17,29H,18H2,1-2H3/b12-9+. The Bertz CT molecular complexity index is 1460. The first-order valence-corrected chi connectivity index (χ1v) is 13.3. The molecule has 0 bridgehead atoms. The van der Waals surface area contributed by atoms with E-state index in [9.17, 15) is 13.2 Å². The Balaban J connectivity index is 1.51. The van der Waals surface area contributed by atoms with Crippen LogP contribution in [0.1, 0.15) is 21.5 Å². The number of pyridine rings is 1. The maximum absolute atomic E-state index is 12.8. The van der Waals surface area contributed by atoms with Gasteiger partial charge >= 0.3 is 0 Å². The van der Waals surface area contributed by atoms with Crippen molar-refractivity contribution in [3.05, 3.63) is 101 Å². The molecule has 7 nitrogen and oxygen atoms in total. The molecule has 0 saturated heterocycles. The minimum atomic E-state index is -3.73. The highest BCUT2D eigenvalue weighted by molar-refractivity contribution is 7.89. The number of benzene rings is 2. The zero-order chi connectivity index (χ0) is 25.5. The molecule has 184 valence electrons. The number of sulfonamides is 1. The van der Waals surface area contributed by atoms with Gasteiger partial charge in [0.05, 0.1) is 19.1 Å². The molecule has 2 aromatic carbocycles. The number of hydrogen-bond acceptors (Lipinski definition) is 7. The zero-order valence-electron chi connectivity index (χ0n) is 19.7. The fraction of sp³-hybridized carbons (Fsp3) is 0.111. The van der Waals surface area contributed by atoms with E-state index in [1.165, 1.54) is 30.3 Å². The van der Waals surface area contributed by atoms with Gasteiger partial charge in [0.15, 0.2) is 5.78 Å². The van der Waals surface area contributed by atoms with Crippen molar-refractivity contribution in [3.8, 4) is 21.9 Å². The predicted octanol–water partition coefficient (Wildman–Crippen LogP) is 5.20. The van der Waals surface area contributed by atoms with E-state index in [4.69, 9.17) is 9.47 Å². The molecule has 4 rings (SSSR count). The number of methoxy groups -OCH3 is 2. The number of aromatic nitrogens is 1. The lowest BCUT2D eigenvalue weighted by atomic mass is 10.0. The summed E-state index contributed by atoms with van der Waals surface area (Å²) in [7, 11) is -0.576. The number of allylic oxidation sites excluding steroid dienone is 1. The molecule has 0 unspecified atom stereocenters. The molecule has 36 heavy (non-hydrogen) atoms. The van der Waals surface area contributed by atoms with Crippen LogP contribution in [0, 0.1) is 0 Å². The van der Waals surface area contributed by atoms with Crippen molar-refractivity contribution in [3.63, 3.8) is 0 Å². The molecule has 0 aliphatic carbocycles. The molecule has 0 amide bonds. The van der Waals surface area contributed by atoms with Gasteiger partial charge in [-0.3, -0.25) is 9.78 Å². The number of carbonyl (C=O) groups excluding carboxylic acids is 1. The second-order valence-corrected chi connectivity index (χ2v) is 10.4. The Hall–Kier alpha value is -3.79. The third-order valence-electron chi connectivity index (χ3n) is 5.39. The predicted molar refractivity (Wildman–Crippen MR) is 141 cm³/mol. The van der Waals surface area contributed by atoms with Crippen LogP contribution in [0.5, 0.6) is 11.5 Å². The summed E-state index contributed by atoms with van der Waals surface area (Å²) in [6.07, 6.45) is 6.33. The Morgan fingerprint density at radius 2 is 1.81 bits per heavy atom. The van der Waals surface area contributed by atoms with Crippen LogP contribution in [0.25, 0.3) is 16.5 Å². The van der Waals surface area contributed by atoms with Gasteiger partial charge in [0.2, 0.25) is 10.0 Å². The van der Waals surface area contributed by atoms with Crippen molar-refractivity contribution in [1.29, 1.82) is 0 Å². The van der Waals surface area contributed by atoms with Crippen LogP contribution in [-0.4, -0.2) is 33.4 Å². The largest absolute Gasteiger partial charge is 0.496 e. The number of nitrogens with one attached hydrogen (secondary N) is 1. The molecule has 0 spiro atoms. The molecular formula is C27H24N2O5S2. The number of hydrogen-bond donors (Lipinski definition) is 1. The average Bonchev–Trinajstić information content (AvgIpc) is 3.46. The van der Waals surface area contributed by atoms with Crippen molar-refractivity contribution in [1.82, 2.24) is 9.71 Å². The van der Waals surface area contributed by atoms with Gasteiger partial charge in [-0.25, -0.2) is 13.1 Å². The molecule has 1 N–H and O–H groups in total. The first-order chi connectivity index (χ1) is 17.4. The van der Waals surface area contributed by atoms with Gasteiger partial charge in [-0.1, -0.05) is 12.1 Å². The van der Waals surface area contributed by atoms with Gasteiger partial charge in [0.1, 0.15) is 11.5 Å². The van der Waals surface area contributed by atoms with Crippen LogP contribution in [0.2, 0.25) is 0 Å². The number of rotatable bonds is 10. The highest BCUT2D eigenvalue weighted by atomic mass is 32.2. The van der Waals surface area contributed by atoms with E-state index in [2.05, 4.69) is 9.71 Å². The Morgan fingerprint density at radius 1 is 1.03 bits per heavy atom. The van der Waals surface area contributed by atoms with Gasteiger partial charge in [-0.2, -0.15) is 0 Å². The molecule has 0 fully saturated rings. The summed E-state index contributed by atoms with van der Waals surface area (Å²) in [6, 6.07) is 17.0. The van der Waals surface area contributed by atoms with E-state index < -0.39 is 10.0 Å². The van der Waals surface area contributed by atoms with Crippen LogP contribution in [0.3, 0.4) is 0 Å². The Morgan fingerprint density at radius 3 is 2.44 bits per heavy atom. The van der Waals surface area contributed by atoms with Gasteiger partial charge < -0.3 is 9.47 Å². The van der Waals surface area contributed by atoms with Crippen molar-refractivity contribution in [2.45, 2.75) is 11.4 Å². The zero-order valence-corrected chi connectivity index (χ0v) is 21.3. The maximum atomic E-state index is 12.8. The lowest BCUT2D eigenvalue weighted by Gasteiger charge is -2.12. The summed E-state index contributed by atoms with van der Waals surface area (Å²) in [4.78, 5) is 17.9. The van der Waals surface area contributed by atoms with Gasteiger partial charge in [0.25, 0.3) is 0 Å². The molecule has 0 atom stereocenters. The van der Waals surface area contributed by atoms with Crippen LogP contribution >= 0.6 is 11.3 Å². The van der Waals surface area contributed by atoms with Gasteiger partial charge in [-0.05, 0) is 65.6 Å². The molecule has 0 radical (unpaired) electrons. The smallest absolute Gasteiger partial charge is 0.240 e. The summed E-state index contributed by atoms with van der Waals surface area (Å²) >= 11 is 1.59. The molecule has 4 aromatic rings. The number of nitrogens with zero attached hydrogens (tertiary/aromatic N) is 1. The number of carbonyl (C=O) groups is 1.